The molecule has 0 fully saturated rings. The number of alkyl carbamates (subject to hydrolysis) is 1. The van der Waals surface area contributed by atoms with E-state index in [4.69, 9.17) is 4.74 Å². The molecule has 1 rings (SSSR count). The number of benzene rings is 1. The number of carbonyl (C=O) groups excluding carboxylic acids is 1. The van der Waals surface area contributed by atoms with Crippen molar-refractivity contribution in [3.05, 3.63) is 54.9 Å². The van der Waals surface area contributed by atoms with E-state index >= 15 is 0 Å². The van der Waals surface area contributed by atoms with Crippen LogP contribution >= 0.6 is 0 Å². The lowest BCUT2D eigenvalue weighted by molar-refractivity contribution is 0.168. The molecule has 0 spiro atoms. The smallest absolute Gasteiger partial charge is 0.407 e. The molecular weight excluding hydrogens is 249 g/mol. The van der Waals surface area contributed by atoms with Gasteiger partial charge < -0.3 is 14.8 Å². The van der Waals surface area contributed by atoms with E-state index in [2.05, 4.69) is 23.2 Å². The minimum atomic E-state index is -0.608. The van der Waals surface area contributed by atoms with Crippen LogP contribution in [0.2, 0.25) is 0 Å². The maximum absolute atomic E-state index is 13.2. The first-order chi connectivity index (χ1) is 9.12. The molecule has 1 unspecified atom stereocenters. The average molecular weight is 265 g/mol. The number of rotatable bonds is 6. The monoisotopic (exact) mass is 265 g/mol. The highest BCUT2D eigenvalue weighted by Crippen LogP contribution is 2.27. The number of nitrogens with one attached hydrogen (secondary N) is 1. The summed E-state index contributed by atoms with van der Waals surface area (Å²) in [6.07, 6.45) is 2.44. The second kappa shape index (κ2) is 7.20. The Morgan fingerprint density at radius 1 is 1.53 bits per heavy atom. The Bertz CT molecular complexity index is 474. The van der Waals surface area contributed by atoms with E-state index in [1.54, 1.807) is 6.08 Å². The third kappa shape index (κ3) is 4.13. The lowest BCUT2D eigenvalue weighted by atomic mass is 10.1. The van der Waals surface area contributed by atoms with Crippen molar-refractivity contribution < 1.29 is 18.7 Å². The summed E-state index contributed by atoms with van der Waals surface area (Å²) in [4.78, 5) is 11.2. The number of halogens is 1. The molecule has 19 heavy (non-hydrogen) atoms. The van der Waals surface area contributed by atoms with Gasteiger partial charge in [0, 0.05) is 11.6 Å². The summed E-state index contributed by atoms with van der Waals surface area (Å²) < 4.78 is 23.1. The van der Waals surface area contributed by atoms with E-state index in [0.717, 1.165) is 0 Å². The van der Waals surface area contributed by atoms with Gasteiger partial charge in [-0.15, -0.1) is 6.58 Å². The van der Waals surface area contributed by atoms with E-state index < -0.39 is 18.0 Å². The van der Waals surface area contributed by atoms with Gasteiger partial charge in [0.05, 0.1) is 13.2 Å². The molecule has 0 saturated heterocycles. The molecule has 102 valence electrons. The molecule has 1 aromatic rings. The third-order valence-corrected chi connectivity index (χ3v) is 2.36. The molecule has 0 aliphatic carbocycles. The second-order valence-electron chi connectivity index (χ2n) is 3.63. The number of amides is 1. The Kier molecular flexibility index (Phi) is 5.60. The van der Waals surface area contributed by atoms with Crippen molar-refractivity contribution in [2.24, 2.45) is 0 Å². The van der Waals surface area contributed by atoms with Gasteiger partial charge >= 0.3 is 6.09 Å². The molecule has 0 saturated carbocycles. The minimum absolute atomic E-state index is 0.235. The van der Waals surface area contributed by atoms with E-state index in [1.165, 1.54) is 31.4 Å². The number of hydrogen-bond acceptors (Lipinski definition) is 3. The van der Waals surface area contributed by atoms with Crippen molar-refractivity contribution >= 4 is 6.09 Å². The van der Waals surface area contributed by atoms with E-state index in [9.17, 15) is 9.18 Å². The minimum Gasteiger partial charge on any atom is -0.489 e. The van der Waals surface area contributed by atoms with Crippen molar-refractivity contribution in [1.82, 2.24) is 5.32 Å². The van der Waals surface area contributed by atoms with Gasteiger partial charge in [0.25, 0.3) is 0 Å². The molecule has 1 amide bonds. The van der Waals surface area contributed by atoms with Crippen LogP contribution in [0.3, 0.4) is 0 Å². The van der Waals surface area contributed by atoms with Crippen molar-refractivity contribution in [1.29, 1.82) is 0 Å². The van der Waals surface area contributed by atoms with Crippen molar-refractivity contribution in [3.63, 3.8) is 0 Å². The van der Waals surface area contributed by atoms with Crippen LogP contribution in [-0.4, -0.2) is 19.8 Å². The fraction of sp³-hybridized carbons (Fsp3) is 0.214. The van der Waals surface area contributed by atoms with Crippen LogP contribution in [0.25, 0.3) is 0 Å². The van der Waals surface area contributed by atoms with Crippen LogP contribution in [0, 0.1) is 5.82 Å². The number of ether oxygens (including phenoxy) is 2. The molecule has 4 nitrogen and oxygen atoms in total. The van der Waals surface area contributed by atoms with Crippen molar-refractivity contribution in [2.75, 3.05) is 13.7 Å². The van der Waals surface area contributed by atoms with E-state index in [0.29, 0.717) is 11.3 Å². The van der Waals surface area contributed by atoms with E-state index in [1.807, 2.05) is 0 Å². The van der Waals surface area contributed by atoms with Crippen LogP contribution in [-0.2, 0) is 4.74 Å². The predicted molar refractivity (Wildman–Crippen MR) is 70.6 cm³/mol. The standard InChI is InChI=1S/C14H16FNO3/c1-4-8-19-13-9-10(15)6-7-11(13)12(5-2)16-14(17)18-3/h4-7,9,12H,1-2,8H2,3H3,(H,16,17). The van der Waals surface area contributed by atoms with Crippen LogP contribution in [0.5, 0.6) is 5.75 Å². The van der Waals surface area contributed by atoms with Gasteiger partial charge in [0.15, 0.2) is 0 Å². The number of hydrogen-bond donors (Lipinski definition) is 1. The Morgan fingerprint density at radius 2 is 2.26 bits per heavy atom. The molecular formula is C14H16FNO3. The van der Waals surface area contributed by atoms with Crippen molar-refractivity contribution in [3.8, 4) is 5.75 Å². The maximum Gasteiger partial charge on any atom is 0.407 e. The summed E-state index contributed by atoms with van der Waals surface area (Å²) >= 11 is 0. The molecule has 1 atom stereocenters. The largest absolute Gasteiger partial charge is 0.489 e. The van der Waals surface area contributed by atoms with Gasteiger partial charge in [-0.05, 0) is 6.07 Å². The zero-order valence-electron chi connectivity index (χ0n) is 10.7. The second-order valence-corrected chi connectivity index (χ2v) is 3.63. The van der Waals surface area contributed by atoms with Crippen LogP contribution < -0.4 is 10.1 Å². The topological polar surface area (TPSA) is 47.6 Å². The normalized spacial score (nSPS) is 11.3. The van der Waals surface area contributed by atoms with Gasteiger partial charge in [-0.2, -0.15) is 0 Å². The lowest BCUT2D eigenvalue weighted by Crippen LogP contribution is -2.27. The third-order valence-electron chi connectivity index (χ3n) is 2.36. The average Bonchev–Trinajstić information content (AvgIpc) is 2.42. The Labute approximate surface area is 111 Å². The van der Waals surface area contributed by atoms with Crippen LogP contribution in [0.1, 0.15) is 11.6 Å². The molecule has 0 heterocycles. The Balaban J connectivity index is 3.03. The highest BCUT2D eigenvalue weighted by molar-refractivity contribution is 5.68. The molecule has 0 aliphatic heterocycles. The quantitative estimate of drug-likeness (QED) is 0.804. The van der Waals surface area contributed by atoms with Gasteiger partial charge in [-0.3, -0.25) is 0 Å². The zero-order valence-corrected chi connectivity index (χ0v) is 10.7. The highest BCUT2D eigenvalue weighted by atomic mass is 19.1. The SMILES string of the molecule is C=CCOc1cc(F)ccc1C(C=C)NC(=O)OC. The summed E-state index contributed by atoms with van der Waals surface area (Å²) in [5, 5.41) is 2.56. The summed E-state index contributed by atoms with van der Waals surface area (Å²) in [7, 11) is 1.26. The maximum atomic E-state index is 13.2. The van der Waals surface area contributed by atoms with Crippen LogP contribution in [0.15, 0.2) is 43.5 Å². The number of methoxy groups -OCH3 is 1. The molecule has 0 radical (unpaired) electrons. The van der Waals surface area contributed by atoms with E-state index in [-0.39, 0.29) is 6.61 Å². The van der Waals surface area contributed by atoms with Gasteiger partial charge in [-0.1, -0.05) is 24.8 Å². The molecule has 1 aromatic carbocycles. The van der Waals surface area contributed by atoms with Gasteiger partial charge in [-0.25, -0.2) is 9.18 Å². The van der Waals surface area contributed by atoms with Gasteiger partial charge in [0.2, 0.25) is 0 Å². The predicted octanol–water partition coefficient (Wildman–Crippen LogP) is 2.97. The summed E-state index contributed by atoms with van der Waals surface area (Å²) in [6.45, 7) is 7.39. The lowest BCUT2D eigenvalue weighted by Gasteiger charge is -2.18. The Morgan fingerprint density at radius 3 is 2.84 bits per heavy atom. The fourth-order valence-electron chi connectivity index (χ4n) is 1.49. The molecule has 1 N–H and O–H groups in total. The van der Waals surface area contributed by atoms with Gasteiger partial charge in [0.1, 0.15) is 18.2 Å². The molecule has 0 aliphatic rings. The summed E-state index contributed by atoms with van der Waals surface area (Å²) in [6, 6.07) is 3.52. The first kappa shape index (κ1) is 14.8. The first-order valence-electron chi connectivity index (χ1n) is 5.62. The number of carbonyl (C=O) groups is 1. The van der Waals surface area contributed by atoms with Crippen LogP contribution in [0.4, 0.5) is 9.18 Å². The van der Waals surface area contributed by atoms with Crippen molar-refractivity contribution in [2.45, 2.75) is 6.04 Å². The fourth-order valence-corrected chi connectivity index (χ4v) is 1.49. The molecule has 5 heteroatoms. The first-order valence-corrected chi connectivity index (χ1v) is 5.62. The summed E-state index contributed by atoms with van der Waals surface area (Å²) in [5.74, 6) is -0.107. The Hall–Kier alpha value is -2.30. The molecule has 0 aromatic heterocycles. The summed E-state index contributed by atoms with van der Waals surface area (Å²) in [5.41, 5.74) is 0.587. The molecule has 0 bridgehead atoms. The highest BCUT2D eigenvalue weighted by Gasteiger charge is 2.16. The zero-order chi connectivity index (χ0) is 14.3.